The summed E-state index contributed by atoms with van der Waals surface area (Å²) in [7, 11) is 0. The predicted octanol–water partition coefficient (Wildman–Crippen LogP) is 1.87. The molecule has 1 rings (SSSR count). The van der Waals surface area contributed by atoms with Gasteiger partial charge in [-0.2, -0.15) is 5.48 Å². The topological polar surface area (TPSA) is 50.7 Å². The maximum absolute atomic E-state index is 9.79. The highest BCUT2D eigenvalue weighted by Crippen LogP contribution is 2.17. The van der Waals surface area contributed by atoms with Gasteiger partial charge in [-0.05, 0) is 31.5 Å². The Balaban J connectivity index is 2.43. The van der Waals surface area contributed by atoms with Crippen LogP contribution in [0.5, 0.6) is 5.75 Å². The average molecular weight is 243 g/mol. The van der Waals surface area contributed by atoms with Crippen molar-refractivity contribution in [2.75, 3.05) is 6.54 Å². The summed E-state index contributed by atoms with van der Waals surface area (Å²) in [4.78, 5) is 5.13. The third-order valence-corrected chi connectivity index (χ3v) is 2.18. The Morgan fingerprint density at radius 2 is 1.94 bits per heavy atom. The summed E-state index contributed by atoms with van der Waals surface area (Å²) in [6, 6.07) is 7.06. The molecule has 4 nitrogen and oxygen atoms in total. The summed E-state index contributed by atoms with van der Waals surface area (Å²) in [5, 5.41) is 9.79. The van der Waals surface area contributed by atoms with Crippen LogP contribution in [0.3, 0.4) is 0 Å². The van der Waals surface area contributed by atoms with Gasteiger partial charge in [0, 0.05) is 12.9 Å². The lowest BCUT2D eigenvalue weighted by molar-refractivity contribution is -0.0239. The van der Waals surface area contributed by atoms with E-state index in [0.717, 1.165) is 5.56 Å². The molecule has 0 saturated carbocycles. The average Bonchev–Trinajstić information content (AvgIpc) is 2.28. The summed E-state index contributed by atoms with van der Waals surface area (Å²) in [5.41, 5.74) is 3.52. The third kappa shape index (κ3) is 4.40. The second-order valence-electron chi connectivity index (χ2n) is 3.69. The Hall–Kier alpha value is -0.750. The summed E-state index contributed by atoms with van der Waals surface area (Å²) >= 11 is 3.68. The number of nitrogens with one attached hydrogen (secondary N) is 1. The summed E-state index contributed by atoms with van der Waals surface area (Å²) in [6.07, 6.45) is -0.514. The first kappa shape index (κ1) is 13.3. The largest absolute Gasteiger partial charge is 0.429 e. The van der Waals surface area contributed by atoms with E-state index < -0.39 is 6.10 Å². The fourth-order valence-electron chi connectivity index (χ4n) is 1.16. The second kappa shape index (κ2) is 6.75. The highest BCUT2D eigenvalue weighted by molar-refractivity contribution is 7.75. The van der Waals surface area contributed by atoms with Crippen LogP contribution >= 0.6 is 12.9 Å². The molecular formula is C11H17NO3S. The monoisotopic (exact) mass is 243 g/mol. The number of hydrogen-bond donors (Lipinski definition) is 3. The van der Waals surface area contributed by atoms with Gasteiger partial charge < -0.3 is 9.29 Å². The number of hydroxylamine groups is 1. The molecule has 1 aromatic carbocycles. The van der Waals surface area contributed by atoms with Crippen LogP contribution in [-0.4, -0.2) is 17.8 Å². The molecule has 5 heteroatoms. The predicted molar refractivity (Wildman–Crippen MR) is 65.2 cm³/mol. The quantitative estimate of drug-likeness (QED) is 0.405. The van der Waals surface area contributed by atoms with Crippen molar-refractivity contribution in [2.24, 2.45) is 0 Å². The molecule has 1 aromatic rings. The van der Waals surface area contributed by atoms with Crippen LogP contribution in [0.25, 0.3) is 0 Å². The van der Waals surface area contributed by atoms with Gasteiger partial charge in [-0.3, -0.25) is 4.84 Å². The van der Waals surface area contributed by atoms with E-state index in [1.54, 1.807) is 24.3 Å². The van der Waals surface area contributed by atoms with Gasteiger partial charge in [-0.25, -0.2) is 0 Å². The first-order chi connectivity index (χ1) is 7.63. The lowest BCUT2D eigenvalue weighted by Gasteiger charge is -2.14. The van der Waals surface area contributed by atoms with Gasteiger partial charge in [0.15, 0.2) is 0 Å². The van der Waals surface area contributed by atoms with Crippen LogP contribution in [0, 0.1) is 0 Å². The molecule has 0 fully saturated rings. The van der Waals surface area contributed by atoms with Crippen LogP contribution in [-0.2, 0) is 4.84 Å². The van der Waals surface area contributed by atoms with Crippen molar-refractivity contribution in [3.8, 4) is 5.75 Å². The molecular weight excluding hydrogens is 226 g/mol. The van der Waals surface area contributed by atoms with E-state index in [2.05, 4.69) is 18.4 Å². The van der Waals surface area contributed by atoms with Crippen molar-refractivity contribution in [2.45, 2.75) is 26.1 Å². The highest BCUT2D eigenvalue weighted by Gasteiger charge is 2.07. The summed E-state index contributed by atoms with van der Waals surface area (Å²) in [6.45, 7) is 4.18. The minimum absolute atomic E-state index is 0.0900. The normalized spacial score (nSPS) is 12.8. The SMILES string of the molecule is CC(C)ONCC(O)c1ccc(OS)cc1. The standard InChI is InChI=1S/C11H17NO3S/c1-8(2)14-12-7-11(13)9-3-5-10(15-16)6-4-9/h3-6,8,11-13,16H,7H2,1-2H3. The molecule has 0 aliphatic heterocycles. The van der Waals surface area contributed by atoms with Crippen LogP contribution < -0.4 is 9.66 Å². The molecule has 1 atom stereocenters. The zero-order valence-electron chi connectivity index (χ0n) is 9.38. The minimum Gasteiger partial charge on any atom is -0.429 e. The molecule has 0 heterocycles. The maximum atomic E-state index is 9.79. The Morgan fingerprint density at radius 3 is 2.44 bits per heavy atom. The van der Waals surface area contributed by atoms with Gasteiger partial charge in [-0.15, -0.1) is 0 Å². The lowest BCUT2D eigenvalue weighted by atomic mass is 10.1. The van der Waals surface area contributed by atoms with Gasteiger partial charge >= 0.3 is 0 Å². The third-order valence-electron chi connectivity index (χ3n) is 1.97. The summed E-state index contributed by atoms with van der Waals surface area (Å²) in [5.74, 6) is 0.644. The van der Waals surface area contributed by atoms with Crippen molar-refractivity contribution in [1.29, 1.82) is 0 Å². The molecule has 2 N–H and O–H groups in total. The molecule has 1 unspecified atom stereocenters. The van der Waals surface area contributed by atoms with E-state index in [4.69, 9.17) is 9.02 Å². The highest BCUT2D eigenvalue weighted by atomic mass is 32.1. The molecule has 0 bridgehead atoms. The maximum Gasteiger partial charge on any atom is 0.137 e. The number of benzene rings is 1. The van der Waals surface area contributed by atoms with Crippen LogP contribution in [0.1, 0.15) is 25.5 Å². The van der Waals surface area contributed by atoms with Gasteiger partial charge in [-0.1, -0.05) is 12.1 Å². The fraction of sp³-hybridized carbons (Fsp3) is 0.455. The molecule has 0 radical (unpaired) electrons. The molecule has 0 spiro atoms. The number of aliphatic hydroxyl groups is 1. The van der Waals surface area contributed by atoms with Crippen molar-refractivity contribution < 1.29 is 14.1 Å². The molecule has 0 aliphatic carbocycles. The Kier molecular flexibility index (Phi) is 5.62. The van der Waals surface area contributed by atoms with E-state index in [-0.39, 0.29) is 6.10 Å². The number of aliphatic hydroxyl groups excluding tert-OH is 1. The Morgan fingerprint density at radius 1 is 1.31 bits per heavy atom. The molecule has 0 aliphatic rings. The van der Waals surface area contributed by atoms with Crippen molar-refractivity contribution in [1.82, 2.24) is 5.48 Å². The number of thiol groups is 1. The molecule has 16 heavy (non-hydrogen) atoms. The second-order valence-corrected chi connectivity index (χ2v) is 3.87. The molecule has 90 valence electrons. The Bertz CT molecular complexity index is 303. The fourth-order valence-corrected chi connectivity index (χ4v) is 1.28. The van der Waals surface area contributed by atoms with Crippen molar-refractivity contribution in [3.05, 3.63) is 29.8 Å². The van der Waals surface area contributed by atoms with Crippen molar-refractivity contribution >= 4 is 12.9 Å². The van der Waals surface area contributed by atoms with Crippen LogP contribution in [0.2, 0.25) is 0 Å². The van der Waals surface area contributed by atoms with Crippen LogP contribution in [0.4, 0.5) is 0 Å². The van der Waals surface area contributed by atoms with Gasteiger partial charge in [0.1, 0.15) is 5.75 Å². The van der Waals surface area contributed by atoms with E-state index >= 15 is 0 Å². The van der Waals surface area contributed by atoms with E-state index in [9.17, 15) is 5.11 Å². The number of rotatable bonds is 6. The van der Waals surface area contributed by atoms with Gasteiger partial charge in [0.05, 0.1) is 18.8 Å². The van der Waals surface area contributed by atoms with E-state index in [1.807, 2.05) is 13.8 Å². The van der Waals surface area contributed by atoms with Gasteiger partial charge in [0.2, 0.25) is 0 Å². The smallest absolute Gasteiger partial charge is 0.137 e. The number of hydrogen-bond acceptors (Lipinski definition) is 5. The van der Waals surface area contributed by atoms with Crippen LogP contribution in [0.15, 0.2) is 24.3 Å². The zero-order chi connectivity index (χ0) is 12.0. The molecule has 0 aromatic heterocycles. The van der Waals surface area contributed by atoms with Crippen molar-refractivity contribution in [3.63, 3.8) is 0 Å². The molecule has 0 saturated heterocycles. The lowest BCUT2D eigenvalue weighted by Crippen LogP contribution is -2.25. The molecule has 0 amide bonds. The Labute approximate surface area is 101 Å². The van der Waals surface area contributed by atoms with E-state index in [1.165, 1.54) is 0 Å². The van der Waals surface area contributed by atoms with Gasteiger partial charge in [0.25, 0.3) is 0 Å². The summed E-state index contributed by atoms with van der Waals surface area (Å²) < 4.78 is 4.73. The minimum atomic E-state index is -0.604. The van der Waals surface area contributed by atoms with E-state index in [0.29, 0.717) is 12.3 Å². The zero-order valence-corrected chi connectivity index (χ0v) is 10.3. The first-order valence-electron chi connectivity index (χ1n) is 5.11. The first-order valence-corrected chi connectivity index (χ1v) is 5.48.